The maximum Gasteiger partial charge on any atom is 0.239 e. The lowest BCUT2D eigenvalue weighted by Gasteiger charge is -2.39. The molecular formula is C23H32F2N2O7. The van der Waals surface area contributed by atoms with Gasteiger partial charge < -0.3 is 34.6 Å². The SMILES string of the molecule is Cc1c(Cc2ccc(OC(C)C)c(F)c2F)c(O[C@@H]2O[C@H](CO)[C@@H](O)[C@H](O)[C@H]2O)nn1C(C)C. The highest BCUT2D eigenvalue weighted by atomic mass is 19.2. The molecule has 1 fully saturated rings. The van der Waals surface area contributed by atoms with E-state index in [1.54, 1.807) is 25.5 Å². The quantitative estimate of drug-likeness (QED) is 0.443. The van der Waals surface area contributed by atoms with Gasteiger partial charge >= 0.3 is 0 Å². The lowest BCUT2D eigenvalue weighted by molar-refractivity contribution is -0.278. The van der Waals surface area contributed by atoms with Gasteiger partial charge in [-0.3, -0.25) is 4.68 Å². The second-order valence-corrected chi connectivity index (χ2v) is 8.92. The van der Waals surface area contributed by atoms with Gasteiger partial charge in [0.1, 0.15) is 24.4 Å². The van der Waals surface area contributed by atoms with Crippen molar-refractivity contribution in [2.45, 2.75) is 83.9 Å². The molecule has 0 saturated carbocycles. The average molecular weight is 487 g/mol. The van der Waals surface area contributed by atoms with Gasteiger partial charge in [0.15, 0.2) is 11.6 Å². The normalized spacial score (nSPS) is 25.3. The molecule has 2 aromatic rings. The van der Waals surface area contributed by atoms with Gasteiger partial charge in [-0.2, -0.15) is 4.39 Å². The monoisotopic (exact) mass is 486 g/mol. The molecule has 0 aliphatic carbocycles. The third kappa shape index (κ3) is 5.18. The van der Waals surface area contributed by atoms with Crippen LogP contribution in [0.15, 0.2) is 12.1 Å². The summed E-state index contributed by atoms with van der Waals surface area (Å²) in [5.41, 5.74) is 1.08. The Hall–Kier alpha value is -2.31. The molecule has 3 rings (SSSR count). The molecule has 9 nitrogen and oxygen atoms in total. The third-order valence-corrected chi connectivity index (χ3v) is 5.66. The van der Waals surface area contributed by atoms with Crippen molar-refractivity contribution in [2.24, 2.45) is 0 Å². The van der Waals surface area contributed by atoms with Crippen LogP contribution in [-0.4, -0.2) is 73.6 Å². The summed E-state index contributed by atoms with van der Waals surface area (Å²) in [5, 5.41) is 44.2. The molecule has 1 saturated heterocycles. The molecular weight excluding hydrogens is 454 g/mol. The Morgan fingerprint density at radius 2 is 1.74 bits per heavy atom. The number of rotatable bonds is 8. The lowest BCUT2D eigenvalue weighted by atomic mass is 9.99. The zero-order valence-corrected chi connectivity index (χ0v) is 19.8. The van der Waals surface area contributed by atoms with E-state index in [-0.39, 0.29) is 35.8 Å². The maximum absolute atomic E-state index is 14.9. The highest BCUT2D eigenvalue weighted by Crippen LogP contribution is 2.32. The van der Waals surface area contributed by atoms with Crippen molar-refractivity contribution in [3.8, 4) is 11.6 Å². The van der Waals surface area contributed by atoms with Crippen LogP contribution in [0.4, 0.5) is 8.78 Å². The zero-order chi connectivity index (χ0) is 25.3. The fourth-order valence-corrected chi connectivity index (χ4v) is 3.85. The summed E-state index contributed by atoms with van der Waals surface area (Å²) in [7, 11) is 0. The van der Waals surface area contributed by atoms with Crippen molar-refractivity contribution < 1.29 is 43.4 Å². The Bertz CT molecular complexity index is 996. The number of nitrogens with zero attached hydrogens (tertiary/aromatic N) is 2. The highest BCUT2D eigenvalue weighted by molar-refractivity contribution is 5.39. The number of hydrogen-bond acceptors (Lipinski definition) is 8. The molecule has 0 spiro atoms. The van der Waals surface area contributed by atoms with Crippen LogP contribution in [0.2, 0.25) is 0 Å². The second kappa shape index (κ2) is 10.5. The first kappa shape index (κ1) is 26.3. The smallest absolute Gasteiger partial charge is 0.239 e. The molecule has 1 aliphatic heterocycles. The van der Waals surface area contributed by atoms with Crippen LogP contribution in [-0.2, 0) is 11.2 Å². The van der Waals surface area contributed by atoms with Crippen LogP contribution in [0.25, 0.3) is 0 Å². The van der Waals surface area contributed by atoms with Gasteiger partial charge in [0, 0.05) is 23.7 Å². The predicted octanol–water partition coefficient (Wildman–Crippen LogP) is 1.61. The van der Waals surface area contributed by atoms with Crippen LogP contribution in [0, 0.1) is 18.6 Å². The predicted molar refractivity (Wildman–Crippen MR) is 117 cm³/mol. The molecule has 4 N–H and O–H groups in total. The second-order valence-electron chi connectivity index (χ2n) is 8.92. The van der Waals surface area contributed by atoms with E-state index in [1.165, 1.54) is 12.1 Å². The fourth-order valence-electron chi connectivity index (χ4n) is 3.85. The largest absolute Gasteiger partial charge is 0.488 e. The minimum Gasteiger partial charge on any atom is -0.488 e. The summed E-state index contributed by atoms with van der Waals surface area (Å²) < 4.78 is 47.5. The van der Waals surface area contributed by atoms with Crippen LogP contribution in [0.1, 0.15) is 50.6 Å². The highest BCUT2D eigenvalue weighted by Gasteiger charge is 2.45. The summed E-state index contributed by atoms with van der Waals surface area (Å²) >= 11 is 0. The van der Waals surface area contributed by atoms with E-state index in [2.05, 4.69) is 5.10 Å². The number of aromatic nitrogens is 2. The van der Waals surface area contributed by atoms with Crippen molar-refractivity contribution in [2.75, 3.05) is 6.61 Å². The van der Waals surface area contributed by atoms with Crippen molar-refractivity contribution in [3.05, 3.63) is 40.6 Å². The van der Waals surface area contributed by atoms with E-state index < -0.39 is 48.9 Å². The molecule has 34 heavy (non-hydrogen) atoms. The van der Waals surface area contributed by atoms with Crippen molar-refractivity contribution in [1.82, 2.24) is 9.78 Å². The molecule has 1 aromatic carbocycles. The van der Waals surface area contributed by atoms with Crippen molar-refractivity contribution in [3.63, 3.8) is 0 Å². The maximum atomic E-state index is 14.9. The van der Waals surface area contributed by atoms with E-state index in [0.717, 1.165) is 0 Å². The van der Waals surface area contributed by atoms with Crippen LogP contribution in [0.3, 0.4) is 0 Å². The summed E-state index contributed by atoms with van der Waals surface area (Å²) in [5.74, 6) is -2.37. The molecule has 0 amide bonds. The van der Waals surface area contributed by atoms with Crippen LogP contribution >= 0.6 is 0 Å². The van der Waals surface area contributed by atoms with Gasteiger partial charge in [-0.15, -0.1) is 5.10 Å². The van der Waals surface area contributed by atoms with E-state index >= 15 is 0 Å². The molecule has 190 valence electrons. The summed E-state index contributed by atoms with van der Waals surface area (Å²) in [4.78, 5) is 0. The van der Waals surface area contributed by atoms with Gasteiger partial charge in [0.05, 0.1) is 12.7 Å². The lowest BCUT2D eigenvalue weighted by Crippen LogP contribution is -2.60. The van der Waals surface area contributed by atoms with E-state index in [0.29, 0.717) is 11.3 Å². The topological polar surface area (TPSA) is 126 Å². The molecule has 2 heterocycles. The number of aliphatic hydroxyl groups is 4. The minimum atomic E-state index is -1.64. The molecule has 0 unspecified atom stereocenters. The van der Waals surface area contributed by atoms with E-state index in [9.17, 15) is 29.2 Å². The summed E-state index contributed by atoms with van der Waals surface area (Å²) in [6, 6.07) is 2.67. The molecule has 11 heteroatoms. The average Bonchev–Trinajstić information content (AvgIpc) is 3.08. The Morgan fingerprint density at radius 3 is 2.32 bits per heavy atom. The Morgan fingerprint density at radius 1 is 1.06 bits per heavy atom. The van der Waals surface area contributed by atoms with Crippen molar-refractivity contribution >= 4 is 0 Å². The molecule has 1 aromatic heterocycles. The number of aliphatic hydroxyl groups excluding tert-OH is 4. The van der Waals surface area contributed by atoms with E-state index in [1.807, 2.05) is 13.8 Å². The molecule has 5 atom stereocenters. The minimum absolute atomic E-state index is 0.0159. The first-order valence-corrected chi connectivity index (χ1v) is 11.1. The number of hydrogen-bond donors (Lipinski definition) is 4. The van der Waals surface area contributed by atoms with Gasteiger partial charge in [-0.05, 0) is 46.2 Å². The number of benzene rings is 1. The first-order chi connectivity index (χ1) is 16.0. The molecule has 0 radical (unpaired) electrons. The summed E-state index contributed by atoms with van der Waals surface area (Å²) in [6.07, 6.45) is -7.87. The van der Waals surface area contributed by atoms with Gasteiger partial charge in [-0.1, -0.05) is 6.07 Å². The number of ether oxygens (including phenoxy) is 3. The van der Waals surface area contributed by atoms with Gasteiger partial charge in [0.25, 0.3) is 0 Å². The zero-order valence-electron chi connectivity index (χ0n) is 19.8. The Kier molecular flexibility index (Phi) is 8.14. The fraction of sp³-hybridized carbons (Fsp3) is 0.609. The van der Waals surface area contributed by atoms with Crippen LogP contribution < -0.4 is 9.47 Å². The van der Waals surface area contributed by atoms with E-state index in [4.69, 9.17) is 14.2 Å². The summed E-state index contributed by atoms with van der Waals surface area (Å²) in [6.45, 7) is 8.29. The third-order valence-electron chi connectivity index (χ3n) is 5.66. The van der Waals surface area contributed by atoms with Crippen LogP contribution in [0.5, 0.6) is 11.6 Å². The molecule has 1 aliphatic rings. The molecule has 0 bridgehead atoms. The first-order valence-electron chi connectivity index (χ1n) is 11.1. The Balaban J connectivity index is 1.95. The Labute approximate surface area is 196 Å². The number of halogens is 2. The van der Waals surface area contributed by atoms with Crippen molar-refractivity contribution in [1.29, 1.82) is 0 Å². The van der Waals surface area contributed by atoms with Gasteiger partial charge in [-0.25, -0.2) is 4.39 Å². The van der Waals surface area contributed by atoms with Gasteiger partial charge in [0.2, 0.25) is 18.0 Å². The standard InChI is InChI=1S/C23H32F2N2O7/c1-10(2)27-12(5)14(8-13-6-7-15(32-11(3)4)18(25)17(13)24)22(26-27)34-23-21(31)20(30)19(29)16(9-28)33-23/h6-7,10-11,16,19-21,23,28-31H,8-9H2,1-5H3/t16-,19-,20+,21-,23+/m1/s1.